The van der Waals surface area contributed by atoms with Gasteiger partial charge in [-0.2, -0.15) is 0 Å². The molecule has 7 nitrogen and oxygen atoms in total. The van der Waals surface area contributed by atoms with Crippen LogP contribution in [0.15, 0.2) is 18.5 Å². The van der Waals surface area contributed by atoms with Crippen LogP contribution in [0.3, 0.4) is 0 Å². The van der Waals surface area contributed by atoms with Crippen molar-refractivity contribution >= 4 is 17.9 Å². The lowest BCUT2D eigenvalue weighted by Crippen LogP contribution is -2.57. The number of hydrogen-bond acceptors (Lipinski definition) is 4. The number of urea groups is 1. The SMILES string of the molecule is CC1(C)CCCN(C(=O)Nc2ncccn2)C1C(=O)O. The van der Waals surface area contributed by atoms with Gasteiger partial charge in [0.25, 0.3) is 0 Å². The van der Waals surface area contributed by atoms with Gasteiger partial charge in [0.1, 0.15) is 6.04 Å². The number of carbonyl (C=O) groups excluding carboxylic acids is 1. The maximum Gasteiger partial charge on any atom is 0.327 e. The van der Waals surface area contributed by atoms with E-state index in [1.165, 1.54) is 17.3 Å². The molecule has 1 fully saturated rings. The fourth-order valence-electron chi connectivity index (χ4n) is 2.61. The van der Waals surface area contributed by atoms with Gasteiger partial charge in [-0.3, -0.25) is 5.32 Å². The van der Waals surface area contributed by atoms with Crippen LogP contribution in [-0.4, -0.2) is 44.6 Å². The van der Waals surface area contributed by atoms with Gasteiger partial charge in [0, 0.05) is 18.9 Å². The summed E-state index contributed by atoms with van der Waals surface area (Å²) in [6.45, 7) is 4.15. The van der Waals surface area contributed by atoms with Crippen molar-refractivity contribution in [2.24, 2.45) is 5.41 Å². The molecule has 108 valence electrons. The highest BCUT2D eigenvalue weighted by atomic mass is 16.4. The number of carboxylic acid groups (broad SMARTS) is 1. The molecule has 1 aliphatic rings. The van der Waals surface area contributed by atoms with Crippen molar-refractivity contribution in [1.29, 1.82) is 0 Å². The van der Waals surface area contributed by atoms with Crippen LogP contribution in [0.5, 0.6) is 0 Å². The Bertz CT molecular complexity index is 504. The molecule has 2 N–H and O–H groups in total. The first-order valence-electron chi connectivity index (χ1n) is 6.49. The van der Waals surface area contributed by atoms with Crippen LogP contribution in [0, 0.1) is 5.41 Å². The minimum Gasteiger partial charge on any atom is -0.480 e. The van der Waals surface area contributed by atoms with Crippen LogP contribution in [0.25, 0.3) is 0 Å². The molecule has 2 heterocycles. The van der Waals surface area contributed by atoms with Crippen LogP contribution >= 0.6 is 0 Å². The summed E-state index contributed by atoms with van der Waals surface area (Å²) in [5, 5.41) is 11.9. The molecular weight excluding hydrogens is 260 g/mol. The third kappa shape index (κ3) is 2.87. The lowest BCUT2D eigenvalue weighted by atomic mass is 9.76. The fourth-order valence-corrected chi connectivity index (χ4v) is 2.61. The van der Waals surface area contributed by atoms with Gasteiger partial charge in [0.05, 0.1) is 0 Å². The van der Waals surface area contributed by atoms with Crippen molar-refractivity contribution < 1.29 is 14.7 Å². The molecule has 1 aromatic rings. The van der Waals surface area contributed by atoms with Crippen LogP contribution < -0.4 is 5.32 Å². The van der Waals surface area contributed by atoms with Crippen molar-refractivity contribution in [3.63, 3.8) is 0 Å². The summed E-state index contributed by atoms with van der Waals surface area (Å²) < 4.78 is 0. The zero-order chi connectivity index (χ0) is 14.8. The quantitative estimate of drug-likeness (QED) is 0.856. The molecule has 2 rings (SSSR count). The van der Waals surface area contributed by atoms with E-state index in [1.54, 1.807) is 6.07 Å². The van der Waals surface area contributed by atoms with Gasteiger partial charge >= 0.3 is 12.0 Å². The first-order chi connectivity index (χ1) is 9.42. The van der Waals surface area contributed by atoms with Gasteiger partial charge < -0.3 is 10.0 Å². The molecule has 0 bridgehead atoms. The zero-order valence-electron chi connectivity index (χ0n) is 11.5. The Morgan fingerprint density at radius 1 is 1.40 bits per heavy atom. The normalized spacial score (nSPS) is 21.3. The second kappa shape index (κ2) is 5.44. The molecule has 1 saturated heterocycles. The van der Waals surface area contributed by atoms with Gasteiger partial charge in [0.2, 0.25) is 5.95 Å². The molecule has 20 heavy (non-hydrogen) atoms. The highest BCUT2D eigenvalue weighted by Crippen LogP contribution is 2.35. The number of carboxylic acids is 1. The Morgan fingerprint density at radius 3 is 2.65 bits per heavy atom. The van der Waals surface area contributed by atoms with Crippen LogP contribution in [0.4, 0.5) is 10.7 Å². The number of piperidine rings is 1. The first-order valence-corrected chi connectivity index (χ1v) is 6.49. The van der Waals surface area contributed by atoms with Gasteiger partial charge in [-0.05, 0) is 24.3 Å². The summed E-state index contributed by atoms with van der Waals surface area (Å²) in [6.07, 6.45) is 4.57. The second-order valence-corrected chi connectivity index (χ2v) is 5.53. The fraction of sp³-hybridized carbons (Fsp3) is 0.538. The number of amides is 2. The number of nitrogens with one attached hydrogen (secondary N) is 1. The number of aliphatic carboxylic acids is 1. The van der Waals surface area contributed by atoms with Gasteiger partial charge in [-0.25, -0.2) is 19.6 Å². The summed E-state index contributed by atoms with van der Waals surface area (Å²) in [6, 6.07) is 0.316. The Morgan fingerprint density at radius 2 is 2.05 bits per heavy atom. The van der Waals surface area contributed by atoms with Crippen molar-refractivity contribution in [3.05, 3.63) is 18.5 Å². The summed E-state index contributed by atoms with van der Waals surface area (Å²) in [5.74, 6) is -0.816. The predicted molar refractivity (Wildman–Crippen MR) is 72.2 cm³/mol. The molecule has 0 aromatic carbocycles. The number of rotatable bonds is 2. The number of carbonyl (C=O) groups is 2. The summed E-state index contributed by atoms with van der Waals surface area (Å²) in [7, 11) is 0. The standard InChI is InChI=1S/C13H18N4O3/c1-13(2)5-3-8-17(9(13)10(18)19)12(20)16-11-14-6-4-7-15-11/h4,6-7,9H,3,5,8H2,1-2H3,(H,18,19)(H,14,15,16,20). The largest absolute Gasteiger partial charge is 0.480 e. The van der Waals surface area contributed by atoms with Crippen LogP contribution in [0.1, 0.15) is 26.7 Å². The number of hydrogen-bond donors (Lipinski definition) is 2. The average Bonchev–Trinajstić information content (AvgIpc) is 2.37. The molecule has 0 aliphatic carbocycles. The molecule has 0 spiro atoms. The van der Waals surface area contributed by atoms with Crippen molar-refractivity contribution in [2.45, 2.75) is 32.7 Å². The lowest BCUT2D eigenvalue weighted by Gasteiger charge is -2.43. The van der Waals surface area contributed by atoms with Crippen molar-refractivity contribution in [2.75, 3.05) is 11.9 Å². The molecule has 7 heteroatoms. The van der Waals surface area contributed by atoms with Crippen LogP contribution in [0.2, 0.25) is 0 Å². The molecule has 1 atom stereocenters. The second-order valence-electron chi connectivity index (χ2n) is 5.53. The smallest absolute Gasteiger partial charge is 0.327 e. The predicted octanol–water partition coefficient (Wildman–Crippen LogP) is 1.58. The van der Waals surface area contributed by atoms with E-state index in [4.69, 9.17) is 0 Å². The molecular formula is C13H18N4O3. The third-order valence-electron chi connectivity index (χ3n) is 3.55. The molecule has 1 aliphatic heterocycles. The minimum absolute atomic E-state index is 0.171. The van der Waals surface area contributed by atoms with E-state index in [-0.39, 0.29) is 5.95 Å². The maximum atomic E-state index is 12.2. The van der Waals surface area contributed by atoms with E-state index in [1.807, 2.05) is 13.8 Å². The minimum atomic E-state index is -0.987. The highest BCUT2D eigenvalue weighted by molar-refractivity contribution is 5.91. The summed E-state index contributed by atoms with van der Waals surface area (Å²) >= 11 is 0. The van der Waals surface area contributed by atoms with Crippen LogP contribution in [-0.2, 0) is 4.79 Å². The number of anilines is 1. The Labute approximate surface area is 117 Å². The molecule has 0 radical (unpaired) electrons. The maximum absolute atomic E-state index is 12.2. The highest BCUT2D eigenvalue weighted by Gasteiger charge is 2.44. The number of aromatic nitrogens is 2. The summed E-state index contributed by atoms with van der Waals surface area (Å²) in [4.78, 5) is 32.9. The molecule has 1 unspecified atom stereocenters. The zero-order valence-corrected chi connectivity index (χ0v) is 11.5. The topological polar surface area (TPSA) is 95.4 Å². The monoisotopic (exact) mass is 278 g/mol. The van der Waals surface area contributed by atoms with E-state index >= 15 is 0 Å². The van der Waals surface area contributed by atoms with E-state index < -0.39 is 23.5 Å². The number of likely N-dealkylation sites (tertiary alicyclic amines) is 1. The van der Waals surface area contributed by atoms with Gasteiger partial charge in [-0.15, -0.1) is 0 Å². The third-order valence-corrected chi connectivity index (χ3v) is 3.55. The lowest BCUT2D eigenvalue weighted by molar-refractivity contribution is -0.148. The Hall–Kier alpha value is -2.18. The van der Waals surface area contributed by atoms with Crippen molar-refractivity contribution in [3.8, 4) is 0 Å². The Balaban J connectivity index is 2.17. The van der Waals surface area contributed by atoms with Gasteiger partial charge in [0.15, 0.2) is 0 Å². The average molecular weight is 278 g/mol. The number of nitrogens with zero attached hydrogens (tertiary/aromatic N) is 3. The molecule has 1 aromatic heterocycles. The van der Waals surface area contributed by atoms with E-state index in [2.05, 4.69) is 15.3 Å². The first kappa shape index (κ1) is 14.2. The Kier molecular flexibility index (Phi) is 3.87. The van der Waals surface area contributed by atoms with E-state index in [9.17, 15) is 14.7 Å². The molecule has 2 amide bonds. The van der Waals surface area contributed by atoms with Gasteiger partial charge in [-0.1, -0.05) is 13.8 Å². The summed E-state index contributed by atoms with van der Waals surface area (Å²) in [5.41, 5.74) is -0.459. The van der Waals surface area contributed by atoms with Crippen molar-refractivity contribution in [1.82, 2.24) is 14.9 Å². The van der Waals surface area contributed by atoms with E-state index in [0.717, 1.165) is 12.8 Å². The van der Waals surface area contributed by atoms with E-state index in [0.29, 0.717) is 6.54 Å². The molecule has 0 saturated carbocycles.